The Hall–Kier alpha value is -2.48. The monoisotopic (exact) mass is 487 g/mol. The van der Waals surface area contributed by atoms with Crippen molar-refractivity contribution in [3.8, 4) is 11.8 Å². The topological polar surface area (TPSA) is 27.7 Å². The third kappa shape index (κ3) is 6.44. The van der Waals surface area contributed by atoms with Crippen LogP contribution >= 0.6 is 0 Å². The summed E-state index contributed by atoms with van der Waals surface area (Å²) in [5.74, 6) is 7.74. The largest absolute Gasteiger partial charge is 0.381 e. The third-order valence-electron chi connectivity index (χ3n) is 8.28. The Balaban J connectivity index is 1.71. The van der Waals surface area contributed by atoms with Gasteiger partial charge in [0, 0.05) is 54.4 Å². The average Bonchev–Trinajstić information content (AvgIpc) is 2.99. The normalized spacial score (nSPS) is 20.6. The van der Waals surface area contributed by atoms with Gasteiger partial charge >= 0.3 is 0 Å². The fourth-order valence-electron chi connectivity index (χ4n) is 5.82. The minimum Gasteiger partial charge on any atom is -0.381 e. The Labute approximate surface area is 219 Å². The summed E-state index contributed by atoms with van der Waals surface area (Å²) in [7, 11) is 2.21. The predicted octanol–water partition coefficient (Wildman–Crippen LogP) is 5.96. The van der Waals surface area contributed by atoms with E-state index in [1.54, 1.807) is 0 Å². The number of nitrogens with one attached hydrogen (secondary N) is 1. The lowest BCUT2D eigenvalue weighted by atomic mass is 9.91. The van der Waals surface area contributed by atoms with Gasteiger partial charge in [0.05, 0.1) is 0 Å². The van der Waals surface area contributed by atoms with Crippen LogP contribution in [0.4, 0.5) is 5.69 Å². The fraction of sp³-hybridized carbons (Fsp3) is 0.562. The zero-order chi connectivity index (χ0) is 25.7. The van der Waals surface area contributed by atoms with Crippen molar-refractivity contribution < 1.29 is 4.74 Å². The number of hydrogen-bond donors (Lipinski definition) is 1. The molecule has 194 valence electrons. The molecule has 0 saturated carbocycles. The number of hydrogen-bond acceptors (Lipinski definition) is 4. The highest BCUT2D eigenvalue weighted by atomic mass is 16.5. The zero-order valence-corrected chi connectivity index (χ0v) is 23.0. The zero-order valence-electron chi connectivity index (χ0n) is 23.0. The number of piperidine rings is 1. The third-order valence-corrected chi connectivity index (χ3v) is 8.28. The van der Waals surface area contributed by atoms with Gasteiger partial charge in [0.2, 0.25) is 0 Å². The number of nitrogens with zero attached hydrogens (tertiary/aromatic N) is 2. The Bertz CT molecular complexity index is 1060. The van der Waals surface area contributed by atoms with E-state index in [1.165, 1.54) is 40.8 Å². The quantitative estimate of drug-likeness (QED) is 0.519. The van der Waals surface area contributed by atoms with Crippen LogP contribution in [0.1, 0.15) is 69.1 Å². The minimum absolute atomic E-state index is 0.494. The second kappa shape index (κ2) is 12.2. The maximum absolute atomic E-state index is 5.68. The van der Waals surface area contributed by atoms with E-state index in [-0.39, 0.29) is 0 Å². The first-order valence-corrected chi connectivity index (χ1v) is 13.9. The molecule has 0 bridgehead atoms. The van der Waals surface area contributed by atoms with Crippen molar-refractivity contribution in [3.05, 3.63) is 64.5 Å². The molecular weight excluding hydrogens is 442 g/mol. The number of likely N-dealkylation sites (tertiary alicyclic amines) is 1. The van der Waals surface area contributed by atoms with Gasteiger partial charge < -0.3 is 19.9 Å². The van der Waals surface area contributed by atoms with Crippen molar-refractivity contribution in [1.29, 1.82) is 0 Å². The lowest BCUT2D eigenvalue weighted by Gasteiger charge is -2.37. The van der Waals surface area contributed by atoms with E-state index in [4.69, 9.17) is 4.74 Å². The summed E-state index contributed by atoms with van der Waals surface area (Å²) in [6.45, 7) is 20.3. The van der Waals surface area contributed by atoms with Crippen LogP contribution in [0.25, 0.3) is 0 Å². The van der Waals surface area contributed by atoms with Crippen molar-refractivity contribution in [3.63, 3.8) is 0 Å². The highest BCUT2D eigenvalue weighted by Crippen LogP contribution is 2.33. The molecule has 2 saturated heterocycles. The van der Waals surface area contributed by atoms with Gasteiger partial charge in [0.15, 0.2) is 0 Å². The lowest BCUT2D eigenvalue weighted by molar-refractivity contribution is 0.0846. The Morgan fingerprint density at radius 2 is 1.81 bits per heavy atom. The Morgan fingerprint density at radius 3 is 2.50 bits per heavy atom. The number of allylic oxidation sites excluding steroid dienone is 3. The first kappa shape index (κ1) is 26.6. The molecule has 0 aliphatic carbocycles. The van der Waals surface area contributed by atoms with Gasteiger partial charge in [-0.1, -0.05) is 30.6 Å². The molecule has 0 aromatic heterocycles. The van der Waals surface area contributed by atoms with Crippen molar-refractivity contribution in [2.24, 2.45) is 5.92 Å². The van der Waals surface area contributed by atoms with Crippen LogP contribution < -0.4 is 10.2 Å². The summed E-state index contributed by atoms with van der Waals surface area (Å²) < 4.78 is 5.68. The van der Waals surface area contributed by atoms with Crippen LogP contribution in [0.5, 0.6) is 0 Å². The van der Waals surface area contributed by atoms with Gasteiger partial charge in [0.25, 0.3) is 0 Å². The van der Waals surface area contributed by atoms with E-state index in [0.29, 0.717) is 12.0 Å². The highest BCUT2D eigenvalue weighted by molar-refractivity contribution is 5.63. The average molecular weight is 488 g/mol. The van der Waals surface area contributed by atoms with Crippen LogP contribution in [0, 0.1) is 24.7 Å². The molecule has 0 radical (unpaired) electrons. The first-order chi connectivity index (χ1) is 17.4. The molecule has 4 rings (SSSR count). The molecule has 0 unspecified atom stereocenters. The molecule has 1 N–H and O–H groups in total. The van der Waals surface area contributed by atoms with Gasteiger partial charge in [-0.3, -0.25) is 0 Å². The summed E-state index contributed by atoms with van der Waals surface area (Å²) in [6, 6.07) is 5.21. The number of rotatable bonds is 5. The molecule has 1 aromatic carbocycles. The molecule has 4 heteroatoms. The van der Waals surface area contributed by atoms with Gasteiger partial charge in [0.1, 0.15) is 0 Å². The second-order valence-electron chi connectivity index (χ2n) is 10.9. The molecule has 2 fully saturated rings. The van der Waals surface area contributed by atoms with Crippen molar-refractivity contribution in [2.75, 3.05) is 44.8 Å². The van der Waals surface area contributed by atoms with E-state index < -0.39 is 0 Å². The summed E-state index contributed by atoms with van der Waals surface area (Å²) in [5, 5.41) is 3.45. The Morgan fingerprint density at radius 1 is 1.08 bits per heavy atom. The van der Waals surface area contributed by atoms with Crippen LogP contribution in [0.15, 0.2) is 47.8 Å². The minimum atomic E-state index is 0.494. The molecule has 0 spiro atoms. The maximum atomic E-state index is 5.68. The number of anilines is 1. The van der Waals surface area contributed by atoms with E-state index >= 15 is 0 Å². The maximum Gasteiger partial charge on any atom is 0.0485 e. The van der Waals surface area contributed by atoms with Crippen LogP contribution in [-0.4, -0.2) is 50.8 Å². The Kier molecular flexibility index (Phi) is 8.99. The summed E-state index contributed by atoms with van der Waals surface area (Å²) >= 11 is 0. The summed E-state index contributed by atoms with van der Waals surface area (Å²) in [5.41, 5.74) is 9.98. The molecule has 3 heterocycles. The smallest absolute Gasteiger partial charge is 0.0485 e. The fourth-order valence-corrected chi connectivity index (χ4v) is 5.82. The van der Waals surface area contributed by atoms with Gasteiger partial charge in [-0.15, -0.1) is 0 Å². The molecule has 36 heavy (non-hydrogen) atoms. The molecule has 3 aliphatic rings. The highest BCUT2D eigenvalue weighted by Gasteiger charge is 2.24. The van der Waals surface area contributed by atoms with Gasteiger partial charge in [-0.2, -0.15) is 0 Å². The molecular formula is C32H45N3O. The molecule has 0 amide bonds. The predicted molar refractivity (Wildman–Crippen MR) is 152 cm³/mol. The molecule has 1 aromatic rings. The van der Waals surface area contributed by atoms with Gasteiger partial charge in [-0.05, 0) is 115 Å². The molecule has 3 aliphatic heterocycles. The molecule has 0 atom stereocenters. The van der Waals surface area contributed by atoms with E-state index in [1.807, 2.05) is 0 Å². The van der Waals surface area contributed by atoms with Crippen LogP contribution in [0.2, 0.25) is 0 Å². The van der Waals surface area contributed by atoms with E-state index in [9.17, 15) is 0 Å². The van der Waals surface area contributed by atoms with Gasteiger partial charge in [-0.25, -0.2) is 0 Å². The van der Waals surface area contributed by atoms with E-state index in [2.05, 4.69) is 80.1 Å². The summed E-state index contributed by atoms with van der Waals surface area (Å²) in [6.07, 6.45) is 7.37. The lowest BCUT2D eigenvalue weighted by Crippen LogP contribution is -2.40. The summed E-state index contributed by atoms with van der Waals surface area (Å²) in [4.78, 5) is 5.01. The van der Waals surface area contributed by atoms with Crippen molar-refractivity contribution >= 4 is 5.69 Å². The van der Waals surface area contributed by atoms with Crippen LogP contribution in [-0.2, 0) is 11.2 Å². The second-order valence-corrected chi connectivity index (χ2v) is 10.9. The standard InChI is InChI=1S/C32H45N3O/c1-7-35(30-14-18-36-19-15-30)32-21-28(11-10-27-12-16-34(6)17-13-27)20-29(25(32)4)22-31-23(2)8-9-24(3)33-26(31)5/h20-21,27,30,33H,3,5,7-9,12-19,22H2,1-2,4,6H3. The first-order valence-electron chi connectivity index (χ1n) is 13.9. The number of ether oxygens (including phenoxy) is 1. The SMILES string of the molecule is C=C1CCC(C)=C(Cc2cc(C#CC3CCN(C)CC3)cc(N(CC)C3CCOCC3)c2C)C(=C)N1. The van der Waals surface area contributed by atoms with E-state index in [0.717, 1.165) is 81.9 Å². The molecule has 4 nitrogen and oxygen atoms in total. The van der Waals surface area contributed by atoms with Crippen molar-refractivity contribution in [1.82, 2.24) is 10.2 Å². The van der Waals surface area contributed by atoms with Crippen LogP contribution in [0.3, 0.4) is 0 Å². The van der Waals surface area contributed by atoms with Crippen molar-refractivity contribution in [2.45, 2.75) is 71.8 Å². The number of benzene rings is 1.